The summed E-state index contributed by atoms with van der Waals surface area (Å²) >= 11 is 0. The average molecular weight is 415 g/mol. The van der Waals surface area contributed by atoms with Gasteiger partial charge in [0.2, 0.25) is 0 Å². The zero-order valence-electron chi connectivity index (χ0n) is 18.1. The molecule has 0 atom stereocenters. The van der Waals surface area contributed by atoms with Gasteiger partial charge in [0, 0.05) is 29.9 Å². The van der Waals surface area contributed by atoms with Crippen molar-refractivity contribution in [1.82, 2.24) is 0 Å². The number of benzene rings is 3. The van der Waals surface area contributed by atoms with Crippen molar-refractivity contribution in [2.24, 2.45) is 0 Å². The van der Waals surface area contributed by atoms with Crippen LogP contribution in [-0.4, -0.2) is 32.5 Å². The lowest BCUT2D eigenvalue weighted by Gasteiger charge is -2.23. The van der Waals surface area contributed by atoms with Crippen LogP contribution in [0.1, 0.15) is 29.8 Å². The third-order valence-corrected chi connectivity index (χ3v) is 5.87. The monoisotopic (exact) mass is 415 g/mol. The fourth-order valence-electron chi connectivity index (χ4n) is 4.22. The molecule has 0 saturated carbocycles. The van der Waals surface area contributed by atoms with Crippen molar-refractivity contribution in [1.29, 1.82) is 0 Å². The molecule has 1 aliphatic rings. The Hall–Kier alpha value is -3.60. The predicted molar refractivity (Wildman–Crippen MR) is 122 cm³/mol. The predicted octanol–water partition coefficient (Wildman–Crippen LogP) is 4.89. The second kappa shape index (κ2) is 7.91. The highest BCUT2D eigenvalue weighted by Gasteiger charge is 2.38. The summed E-state index contributed by atoms with van der Waals surface area (Å²) in [6, 6.07) is 19.3. The number of allylic oxidation sites excluding steroid dienone is 1. The molecule has 158 valence electrons. The first kappa shape index (κ1) is 20.7. The van der Waals surface area contributed by atoms with Crippen LogP contribution in [0.15, 0.2) is 72.4 Å². The number of rotatable bonds is 5. The fraction of sp³-hybridized carbons (Fsp3) is 0.231. The van der Waals surface area contributed by atoms with Gasteiger partial charge in [-0.05, 0) is 34.5 Å². The Balaban J connectivity index is 1.52. The average Bonchev–Trinajstić information content (AvgIpc) is 2.97. The lowest BCUT2D eigenvalue weighted by molar-refractivity contribution is -0.117. The van der Waals surface area contributed by atoms with E-state index >= 15 is 0 Å². The number of methoxy groups -OCH3 is 1. The summed E-state index contributed by atoms with van der Waals surface area (Å²) < 4.78 is 10.7. The van der Waals surface area contributed by atoms with Crippen LogP contribution in [0.2, 0.25) is 0 Å². The number of para-hydroxylation sites is 1. The second-order valence-corrected chi connectivity index (χ2v) is 8.17. The molecule has 4 rings (SSSR count). The maximum Gasteiger partial charge on any atom is 0.342 e. The van der Waals surface area contributed by atoms with Crippen molar-refractivity contribution in [3.63, 3.8) is 0 Å². The van der Waals surface area contributed by atoms with Gasteiger partial charge in [0.1, 0.15) is 11.3 Å². The van der Waals surface area contributed by atoms with Crippen molar-refractivity contribution < 1.29 is 19.1 Å². The molecule has 0 fully saturated rings. The third-order valence-electron chi connectivity index (χ3n) is 5.87. The Bertz CT molecular complexity index is 1210. The van der Waals surface area contributed by atoms with Gasteiger partial charge in [-0.25, -0.2) is 4.79 Å². The SMILES string of the molecule is COc1cc2ccccc2cc1C(=O)OCC(=O)C=C1N(C)c2ccccc2C1(C)C. The van der Waals surface area contributed by atoms with Crippen LogP contribution >= 0.6 is 0 Å². The molecule has 1 heterocycles. The topological polar surface area (TPSA) is 55.8 Å². The van der Waals surface area contributed by atoms with Gasteiger partial charge in [-0.2, -0.15) is 0 Å². The fourth-order valence-corrected chi connectivity index (χ4v) is 4.22. The molecule has 0 aliphatic carbocycles. The zero-order chi connectivity index (χ0) is 22.2. The van der Waals surface area contributed by atoms with Gasteiger partial charge < -0.3 is 14.4 Å². The molecule has 0 saturated heterocycles. The molecule has 0 unspecified atom stereocenters. The van der Waals surface area contributed by atoms with Gasteiger partial charge in [-0.1, -0.05) is 56.3 Å². The third kappa shape index (κ3) is 3.67. The largest absolute Gasteiger partial charge is 0.496 e. The summed E-state index contributed by atoms with van der Waals surface area (Å²) in [7, 11) is 3.45. The summed E-state index contributed by atoms with van der Waals surface area (Å²) in [6.07, 6.45) is 1.57. The number of hydrogen-bond donors (Lipinski definition) is 0. The Kier molecular flexibility index (Phi) is 5.27. The van der Waals surface area contributed by atoms with Crippen LogP contribution in [0.25, 0.3) is 10.8 Å². The van der Waals surface area contributed by atoms with E-state index in [1.807, 2.05) is 54.4 Å². The number of carbonyl (C=O) groups excluding carboxylic acids is 2. The normalized spacial score (nSPS) is 15.7. The van der Waals surface area contributed by atoms with Crippen LogP contribution in [0.4, 0.5) is 5.69 Å². The summed E-state index contributed by atoms with van der Waals surface area (Å²) in [6.45, 7) is 3.83. The lowest BCUT2D eigenvalue weighted by atomic mass is 9.83. The highest BCUT2D eigenvalue weighted by molar-refractivity contribution is 6.00. The first-order valence-electron chi connectivity index (χ1n) is 10.1. The standard InChI is InChI=1S/C26H25NO4/c1-26(2)21-11-7-8-12-22(21)27(3)24(26)15-19(28)16-31-25(29)20-13-17-9-5-6-10-18(17)14-23(20)30-4/h5-15H,16H2,1-4H3. The van der Waals surface area contributed by atoms with Crippen LogP contribution < -0.4 is 9.64 Å². The van der Waals surface area contributed by atoms with Gasteiger partial charge >= 0.3 is 5.97 Å². The maximum atomic E-state index is 12.7. The van der Waals surface area contributed by atoms with E-state index in [1.54, 1.807) is 18.2 Å². The Labute approximate surface area is 181 Å². The smallest absolute Gasteiger partial charge is 0.342 e. The quantitative estimate of drug-likeness (QED) is 0.439. The molecular formula is C26H25NO4. The number of fused-ring (bicyclic) bond motifs is 2. The van der Waals surface area contributed by atoms with Crippen molar-refractivity contribution in [2.75, 3.05) is 25.7 Å². The molecule has 0 spiro atoms. The summed E-state index contributed by atoms with van der Waals surface area (Å²) in [5, 5.41) is 1.86. The van der Waals surface area contributed by atoms with Crippen molar-refractivity contribution in [3.05, 3.63) is 83.6 Å². The Morgan fingerprint density at radius 3 is 2.32 bits per heavy atom. The first-order valence-corrected chi connectivity index (χ1v) is 10.1. The summed E-state index contributed by atoms with van der Waals surface area (Å²) in [5.74, 6) is -0.436. The van der Waals surface area contributed by atoms with Gasteiger partial charge in [-0.3, -0.25) is 4.79 Å². The number of esters is 1. The minimum Gasteiger partial charge on any atom is -0.496 e. The molecular weight excluding hydrogens is 390 g/mol. The van der Waals surface area contributed by atoms with E-state index in [4.69, 9.17) is 9.47 Å². The highest BCUT2D eigenvalue weighted by atomic mass is 16.5. The number of anilines is 1. The van der Waals surface area contributed by atoms with Gasteiger partial charge in [0.25, 0.3) is 0 Å². The summed E-state index contributed by atoms with van der Waals surface area (Å²) in [4.78, 5) is 27.4. The van der Waals surface area contributed by atoms with E-state index < -0.39 is 5.97 Å². The van der Waals surface area contributed by atoms with Crippen molar-refractivity contribution >= 4 is 28.2 Å². The lowest BCUT2D eigenvalue weighted by Crippen LogP contribution is -2.25. The molecule has 3 aromatic carbocycles. The molecule has 5 nitrogen and oxygen atoms in total. The molecule has 0 bridgehead atoms. The number of likely N-dealkylation sites (N-methyl/N-ethyl adjacent to an activating group) is 1. The van der Waals surface area contributed by atoms with Gasteiger partial charge in [0.05, 0.1) is 7.11 Å². The van der Waals surface area contributed by atoms with Gasteiger partial charge in [-0.15, -0.1) is 0 Å². The van der Waals surface area contributed by atoms with E-state index in [1.165, 1.54) is 7.11 Å². The molecule has 1 aliphatic heterocycles. The van der Waals surface area contributed by atoms with E-state index in [0.29, 0.717) is 11.3 Å². The van der Waals surface area contributed by atoms with Crippen molar-refractivity contribution in [2.45, 2.75) is 19.3 Å². The Morgan fingerprint density at radius 2 is 1.65 bits per heavy atom. The van der Waals surface area contributed by atoms with Crippen LogP contribution in [0, 0.1) is 0 Å². The van der Waals surface area contributed by atoms with Crippen molar-refractivity contribution in [3.8, 4) is 5.75 Å². The highest BCUT2D eigenvalue weighted by Crippen LogP contribution is 2.46. The van der Waals surface area contributed by atoms with E-state index in [9.17, 15) is 9.59 Å². The van der Waals surface area contributed by atoms with Crippen LogP contribution in [-0.2, 0) is 14.9 Å². The number of hydrogen-bond acceptors (Lipinski definition) is 5. The van der Waals surface area contributed by atoms with Gasteiger partial charge in [0.15, 0.2) is 12.4 Å². The maximum absolute atomic E-state index is 12.7. The molecule has 5 heteroatoms. The van der Waals surface area contributed by atoms with Crippen LogP contribution in [0.5, 0.6) is 5.75 Å². The minimum absolute atomic E-state index is 0.268. The zero-order valence-corrected chi connectivity index (χ0v) is 18.1. The molecule has 0 radical (unpaired) electrons. The molecule has 3 aromatic rings. The molecule has 0 N–H and O–H groups in total. The van der Waals surface area contributed by atoms with E-state index in [-0.39, 0.29) is 17.8 Å². The molecule has 31 heavy (non-hydrogen) atoms. The van der Waals surface area contributed by atoms with Crippen LogP contribution in [0.3, 0.4) is 0 Å². The van der Waals surface area contributed by atoms with E-state index in [2.05, 4.69) is 19.9 Å². The van der Waals surface area contributed by atoms with E-state index in [0.717, 1.165) is 27.7 Å². The first-order chi connectivity index (χ1) is 14.8. The minimum atomic E-state index is -0.586. The molecule has 0 aromatic heterocycles. The molecule has 0 amide bonds. The number of ether oxygens (including phenoxy) is 2. The Morgan fingerprint density at radius 1 is 1.00 bits per heavy atom. The number of carbonyl (C=O) groups is 2. The summed E-state index contributed by atoms with van der Waals surface area (Å²) in [5.41, 5.74) is 3.09. The second-order valence-electron chi connectivity index (χ2n) is 8.17. The number of nitrogens with zero attached hydrogens (tertiary/aromatic N) is 1. The number of ketones is 1.